The summed E-state index contributed by atoms with van der Waals surface area (Å²) in [6.45, 7) is 0.0468. The van der Waals surface area contributed by atoms with Crippen LogP contribution in [0.5, 0.6) is 0 Å². The predicted octanol–water partition coefficient (Wildman–Crippen LogP) is 5.20. The van der Waals surface area contributed by atoms with Gasteiger partial charge in [0.1, 0.15) is 0 Å². The molecule has 0 saturated heterocycles. The summed E-state index contributed by atoms with van der Waals surface area (Å²) in [5.74, 6) is -2.37. The highest BCUT2D eigenvalue weighted by Gasteiger charge is 2.26. The van der Waals surface area contributed by atoms with Gasteiger partial charge in [-0.25, -0.2) is 8.42 Å². The van der Waals surface area contributed by atoms with E-state index in [1.54, 1.807) is 12.1 Å². The molecule has 170 valence electrons. The lowest BCUT2D eigenvalue weighted by atomic mass is 10.2. The Balaban J connectivity index is 1.60. The van der Waals surface area contributed by atoms with Crippen molar-refractivity contribution in [3.05, 3.63) is 109 Å². The van der Waals surface area contributed by atoms with Gasteiger partial charge in [-0.3, -0.25) is 9.10 Å². The molecule has 7 heteroatoms. The molecule has 0 atom stereocenters. The molecule has 6 nitrogen and oxygen atoms in total. The number of carboxylic acids is 1. The quantitative estimate of drug-likeness (QED) is 0.354. The first-order valence-corrected chi connectivity index (χ1v) is 12.4. The molecule has 0 unspecified atom stereocenters. The molecule has 0 amide bonds. The molecular formula is C27H22N2O4S. The lowest BCUT2D eigenvalue weighted by Crippen LogP contribution is -2.35. The number of aliphatic carboxylic acids is 1. The second-order valence-corrected chi connectivity index (χ2v) is 9.92. The number of sulfonamides is 1. The number of carboxylic acid groups (broad SMARTS) is 1. The average Bonchev–Trinajstić information content (AvgIpc) is 3.17. The standard InChI is InChI=1S/C27H22N2O4S/c30-27(31)19-34(32,33)28(18-20-8-2-1-3-9-20)21-14-16-22(17-15-21)29-25-12-6-4-10-23(25)24-11-5-7-13-26(24)29/h1-17H,18-19H2,(H,30,31). The third-order valence-electron chi connectivity index (χ3n) is 5.79. The normalized spacial score (nSPS) is 11.6. The monoisotopic (exact) mass is 470 g/mol. The van der Waals surface area contributed by atoms with Gasteiger partial charge in [0.2, 0.25) is 10.0 Å². The molecule has 0 aliphatic heterocycles. The van der Waals surface area contributed by atoms with Crippen LogP contribution in [0.1, 0.15) is 5.56 Å². The predicted molar refractivity (Wildman–Crippen MR) is 135 cm³/mol. The van der Waals surface area contributed by atoms with Crippen molar-refractivity contribution in [2.75, 3.05) is 10.1 Å². The van der Waals surface area contributed by atoms with Gasteiger partial charge < -0.3 is 9.67 Å². The molecule has 34 heavy (non-hydrogen) atoms. The zero-order chi connectivity index (χ0) is 23.7. The molecule has 0 bridgehead atoms. The lowest BCUT2D eigenvalue weighted by Gasteiger charge is -2.24. The Morgan fingerprint density at radius 3 is 1.82 bits per heavy atom. The maximum Gasteiger partial charge on any atom is 0.320 e. The first-order valence-electron chi connectivity index (χ1n) is 10.8. The van der Waals surface area contributed by atoms with Crippen molar-refractivity contribution in [1.82, 2.24) is 4.57 Å². The molecule has 0 fully saturated rings. The maximum atomic E-state index is 12.9. The van der Waals surface area contributed by atoms with Crippen LogP contribution in [-0.4, -0.2) is 29.8 Å². The number of aromatic nitrogens is 1. The zero-order valence-corrected chi connectivity index (χ0v) is 19.0. The van der Waals surface area contributed by atoms with E-state index in [1.165, 1.54) is 0 Å². The van der Waals surface area contributed by atoms with Crippen molar-refractivity contribution in [1.29, 1.82) is 0 Å². The van der Waals surface area contributed by atoms with E-state index in [1.807, 2.05) is 66.7 Å². The van der Waals surface area contributed by atoms with Crippen molar-refractivity contribution < 1.29 is 18.3 Å². The van der Waals surface area contributed by atoms with E-state index >= 15 is 0 Å². The molecule has 1 aromatic heterocycles. The largest absolute Gasteiger partial charge is 0.480 e. The summed E-state index contributed by atoms with van der Waals surface area (Å²) in [6, 6.07) is 32.6. The Hall–Kier alpha value is -4.10. The van der Waals surface area contributed by atoms with Gasteiger partial charge in [0.15, 0.2) is 5.75 Å². The molecule has 5 aromatic rings. The van der Waals surface area contributed by atoms with Crippen molar-refractivity contribution in [2.24, 2.45) is 0 Å². The molecule has 0 saturated carbocycles. The second kappa shape index (κ2) is 8.68. The minimum atomic E-state index is -4.08. The average molecular weight is 471 g/mol. The molecule has 0 aliphatic carbocycles. The molecule has 0 spiro atoms. The number of fused-ring (bicyclic) bond motifs is 3. The fraction of sp³-hybridized carbons (Fsp3) is 0.0741. The van der Waals surface area contributed by atoms with Gasteiger partial charge in [-0.2, -0.15) is 0 Å². The second-order valence-electron chi connectivity index (χ2n) is 8.03. The van der Waals surface area contributed by atoms with Crippen LogP contribution in [0.25, 0.3) is 27.5 Å². The van der Waals surface area contributed by atoms with E-state index in [-0.39, 0.29) is 6.54 Å². The molecule has 1 N–H and O–H groups in total. The molecule has 4 aromatic carbocycles. The minimum Gasteiger partial charge on any atom is -0.480 e. The number of para-hydroxylation sites is 2. The van der Waals surface area contributed by atoms with Crippen LogP contribution in [0, 0.1) is 0 Å². The number of hydrogen-bond acceptors (Lipinski definition) is 3. The Bertz CT molecular complexity index is 1540. The molecule has 5 rings (SSSR count). The van der Waals surface area contributed by atoms with Crippen molar-refractivity contribution in [3.63, 3.8) is 0 Å². The fourth-order valence-corrected chi connectivity index (χ4v) is 5.56. The smallest absolute Gasteiger partial charge is 0.320 e. The number of rotatable bonds is 7. The summed E-state index contributed by atoms with van der Waals surface area (Å²) in [4.78, 5) is 11.3. The van der Waals surface area contributed by atoms with Crippen molar-refractivity contribution in [2.45, 2.75) is 6.54 Å². The minimum absolute atomic E-state index is 0.0468. The number of benzene rings is 4. The van der Waals surface area contributed by atoms with E-state index in [0.29, 0.717) is 5.69 Å². The van der Waals surface area contributed by atoms with Gasteiger partial charge in [0.05, 0.1) is 23.3 Å². The van der Waals surface area contributed by atoms with Crippen LogP contribution in [0.4, 0.5) is 5.69 Å². The highest BCUT2D eigenvalue weighted by Crippen LogP contribution is 2.32. The van der Waals surface area contributed by atoms with Gasteiger partial charge in [0.25, 0.3) is 0 Å². The van der Waals surface area contributed by atoms with Gasteiger partial charge in [-0.1, -0.05) is 66.7 Å². The van der Waals surface area contributed by atoms with Crippen LogP contribution < -0.4 is 4.31 Å². The van der Waals surface area contributed by atoms with E-state index < -0.39 is 21.7 Å². The first-order chi connectivity index (χ1) is 16.4. The summed E-state index contributed by atoms with van der Waals surface area (Å²) < 4.78 is 29.2. The summed E-state index contributed by atoms with van der Waals surface area (Å²) in [5.41, 5.74) is 4.17. The molecule has 1 heterocycles. The van der Waals surface area contributed by atoms with Crippen LogP contribution in [-0.2, 0) is 21.4 Å². The third kappa shape index (κ3) is 4.02. The van der Waals surface area contributed by atoms with Crippen LogP contribution in [0.15, 0.2) is 103 Å². The summed E-state index contributed by atoms with van der Waals surface area (Å²) in [6.07, 6.45) is 0. The number of carbonyl (C=O) groups is 1. The zero-order valence-electron chi connectivity index (χ0n) is 18.2. The van der Waals surface area contributed by atoms with Crippen molar-refractivity contribution in [3.8, 4) is 5.69 Å². The van der Waals surface area contributed by atoms with E-state index in [4.69, 9.17) is 0 Å². The summed E-state index contributed by atoms with van der Waals surface area (Å²) in [7, 11) is -4.08. The molecular weight excluding hydrogens is 448 g/mol. The van der Waals surface area contributed by atoms with Gasteiger partial charge in [0, 0.05) is 16.5 Å². The number of nitrogens with zero attached hydrogens (tertiary/aromatic N) is 2. The molecule has 0 aliphatic rings. The molecule has 0 radical (unpaired) electrons. The number of anilines is 1. The summed E-state index contributed by atoms with van der Waals surface area (Å²) >= 11 is 0. The highest BCUT2D eigenvalue weighted by molar-refractivity contribution is 7.93. The topological polar surface area (TPSA) is 79.6 Å². The van der Waals surface area contributed by atoms with E-state index in [0.717, 1.165) is 37.4 Å². The maximum absolute atomic E-state index is 12.9. The van der Waals surface area contributed by atoms with E-state index in [2.05, 4.69) is 28.8 Å². The number of hydrogen-bond donors (Lipinski definition) is 1. The van der Waals surface area contributed by atoms with Crippen molar-refractivity contribution >= 4 is 43.5 Å². The van der Waals surface area contributed by atoms with Gasteiger partial charge >= 0.3 is 5.97 Å². The first kappa shape index (κ1) is 21.7. The third-order valence-corrected chi connectivity index (χ3v) is 7.41. The SMILES string of the molecule is O=C(O)CS(=O)(=O)N(Cc1ccccc1)c1ccc(-n2c3ccccc3c3ccccc32)cc1. The van der Waals surface area contributed by atoms with Gasteiger partial charge in [-0.15, -0.1) is 0 Å². The van der Waals surface area contributed by atoms with Crippen LogP contribution >= 0.6 is 0 Å². The van der Waals surface area contributed by atoms with Crippen LogP contribution in [0.3, 0.4) is 0 Å². The fourth-order valence-electron chi connectivity index (χ4n) is 4.30. The Morgan fingerprint density at radius 2 is 1.26 bits per heavy atom. The lowest BCUT2D eigenvalue weighted by molar-refractivity contribution is -0.134. The Labute approximate surface area is 197 Å². The Kier molecular flexibility index (Phi) is 5.55. The highest BCUT2D eigenvalue weighted by atomic mass is 32.2. The summed E-state index contributed by atoms with van der Waals surface area (Å²) in [5, 5.41) is 11.4. The Morgan fingerprint density at radius 1 is 0.735 bits per heavy atom. The van der Waals surface area contributed by atoms with E-state index in [9.17, 15) is 18.3 Å². The van der Waals surface area contributed by atoms with Gasteiger partial charge in [-0.05, 0) is 42.0 Å². The van der Waals surface area contributed by atoms with Crippen LogP contribution in [0.2, 0.25) is 0 Å².